The minimum absolute atomic E-state index is 0.297. The lowest BCUT2D eigenvalue weighted by Crippen LogP contribution is -2.36. The number of nitrogens with one attached hydrogen (secondary N) is 1. The Morgan fingerprint density at radius 1 is 1.60 bits per heavy atom. The second-order valence-corrected chi connectivity index (χ2v) is 5.04. The molecular formula is C15H18FN3O. The Hall–Kier alpha value is -2.04. The summed E-state index contributed by atoms with van der Waals surface area (Å²) in [6, 6.07) is 1.93. The predicted octanol–water partition coefficient (Wildman–Crippen LogP) is 0.392. The molecule has 106 valence electrons. The second-order valence-electron chi connectivity index (χ2n) is 5.04. The van der Waals surface area contributed by atoms with Gasteiger partial charge >= 0.3 is 0 Å². The minimum Gasteiger partial charge on any atom is -0.311 e. The first-order valence-corrected chi connectivity index (χ1v) is 6.49. The van der Waals surface area contributed by atoms with Gasteiger partial charge in [-0.3, -0.25) is 14.8 Å². The van der Waals surface area contributed by atoms with Gasteiger partial charge in [0, 0.05) is 18.8 Å². The summed E-state index contributed by atoms with van der Waals surface area (Å²) >= 11 is 0. The number of hydrogen-bond acceptors (Lipinski definition) is 3. The van der Waals surface area contributed by atoms with Crippen molar-refractivity contribution in [2.45, 2.75) is 26.4 Å². The average Bonchev–Trinajstić information content (AvgIpc) is 3.12. The largest absolute Gasteiger partial charge is 0.311 e. The molecule has 5 heteroatoms. The summed E-state index contributed by atoms with van der Waals surface area (Å²) in [5.41, 5.74) is 1.96. The van der Waals surface area contributed by atoms with E-state index in [4.69, 9.17) is 0 Å². The summed E-state index contributed by atoms with van der Waals surface area (Å²) in [7, 11) is 1.57. The molecule has 2 rings (SSSR count). The molecule has 0 bridgehead atoms. The summed E-state index contributed by atoms with van der Waals surface area (Å²) in [6.07, 6.45) is 0.935. The molecule has 1 heterocycles. The molecule has 1 aromatic heterocycles. The molecule has 1 amide bonds. The monoisotopic (exact) mass is 275 g/mol. The highest BCUT2D eigenvalue weighted by Gasteiger charge is 2.43. The number of rotatable bonds is 2. The zero-order chi connectivity index (χ0) is 14.9. The maximum atomic E-state index is 12.8. The lowest BCUT2D eigenvalue weighted by atomic mass is 10.2. The van der Waals surface area contributed by atoms with E-state index in [2.05, 4.69) is 21.9 Å². The van der Waals surface area contributed by atoms with Crippen molar-refractivity contribution in [1.82, 2.24) is 10.3 Å². The van der Waals surface area contributed by atoms with Gasteiger partial charge in [0.25, 0.3) is 0 Å². The van der Waals surface area contributed by atoms with Crippen LogP contribution >= 0.6 is 0 Å². The molecule has 0 saturated heterocycles. The number of aryl methyl sites for hydroxylation is 2. The minimum atomic E-state index is -1.02. The fourth-order valence-corrected chi connectivity index (χ4v) is 1.85. The fourth-order valence-electron chi connectivity index (χ4n) is 1.85. The molecule has 0 aliphatic heterocycles. The third kappa shape index (κ3) is 3.10. The van der Waals surface area contributed by atoms with E-state index in [-0.39, 0.29) is 5.91 Å². The Kier molecular flexibility index (Phi) is 3.97. The van der Waals surface area contributed by atoms with Crippen LogP contribution in [0.4, 0.5) is 4.39 Å². The molecule has 20 heavy (non-hydrogen) atoms. The average molecular weight is 275 g/mol. The van der Waals surface area contributed by atoms with Gasteiger partial charge in [-0.05, 0) is 37.1 Å². The predicted molar refractivity (Wildman–Crippen MR) is 77.5 cm³/mol. The Bertz CT molecular complexity index is 681. The van der Waals surface area contributed by atoms with E-state index < -0.39 is 12.1 Å². The number of aromatic nitrogens is 1. The number of amidine groups is 1. The number of alkyl halides is 1. The highest BCUT2D eigenvalue weighted by Crippen LogP contribution is 2.33. The van der Waals surface area contributed by atoms with Crippen LogP contribution in [0.1, 0.15) is 17.7 Å². The number of halogens is 1. The Morgan fingerprint density at radius 3 is 2.80 bits per heavy atom. The molecule has 1 N–H and O–H groups in total. The van der Waals surface area contributed by atoms with Gasteiger partial charge in [-0.15, -0.1) is 0 Å². The molecule has 0 radical (unpaired) electrons. The molecule has 2 atom stereocenters. The van der Waals surface area contributed by atoms with E-state index in [1.807, 2.05) is 19.9 Å². The van der Waals surface area contributed by atoms with Crippen LogP contribution in [0.3, 0.4) is 0 Å². The third-order valence-electron chi connectivity index (χ3n) is 3.39. The van der Waals surface area contributed by atoms with Crippen molar-refractivity contribution in [1.29, 1.82) is 0 Å². The van der Waals surface area contributed by atoms with Gasteiger partial charge in [0.05, 0.1) is 11.3 Å². The fraction of sp³-hybridized carbons (Fsp3) is 0.400. The first-order chi connectivity index (χ1) is 9.42. The van der Waals surface area contributed by atoms with Crippen LogP contribution in [-0.4, -0.2) is 29.9 Å². The van der Waals surface area contributed by atoms with Gasteiger partial charge in [0.2, 0.25) is 5.91 Å². The van der Waals surface area contributed by atoms with Crippen molar-refractivity contribution < 1.29 is 9.18 Å². The van der Waals surface area contributed by atoms with Crippen molar-refractivity contribution in [2.24, 2.45) is 10.9 Å². The first kappa shape index (κ1) is 14.4. The van der Waals surface area contributed by atoms with Gasteiger partial charge in [0.1, 0.15) is 12.0 Å². The lowest BCUT2D eigenvalue weighted by molar-refractivity contribution is -0.121. The third-order valence-corrected chi connectivity index (χ3v) is 3.39. The van der Waals surface area contributed by atoms with Crippen molar-refractivity contribution in [3.8, 4) is 0 Å². The topological polar surface area (TPSA) is 54.4 Å². The summed E-state index contributed by atoms with van der Waals surface area (Å²) in [4.78, 5) is 20.1. The van der Waals surface area contributed by atoms with E-state index >= 15 is 0 Å². The summed E-state index contributed by atoms with van der Waals surface area (Å²) in [5.74, 6) is -0.495. The van der Waals surface area contributed by atoms with Crippen LogP contribution in [0, 0.1) is 19.8 Å². The van der Waals surface area contributed by atoms with Gasteiger partial charge < -0.3 is 5.32 Å². The van der Waals surface area contributed by atoms with Crippen molar-refractivity contribution in [3.63, 3.8) is 0 Å². The number of hydrogen-bond donors (Lipinski definition) is 1. The summed E-state index contributed by atoms with van der Waals surface area (Å²) < 4.78 is 12.8. The molecule has 0 spiro atoms. The SMILES string of the molecule is C=c1cc(C)c(C)n/c1=C/C(=NC)NC(=O)[C@H]1C[C@H]1F. The van der Waals surface area contributed by atoms with Crippen LogP contribution in [0.2, 0.25) is 0 Å². The van der Waals surface area contributed by atoms with E-state index in [9.17, 15) is 9.18 Å². The van der Waals surface area contributed by atoms with E-state index in [0.29, 0.717) is 17.6 Å². The lowest BCUT2D eigenvalue weighted by Gasteiger charge is -2.04. The second kappa shape index (κ2) is 5.53. The molecular weight excluding hydrogens is 257 g/mol. The molecule has 1 saturated carbocycles. The maximum Gasteiger partial charge on any atom is 0.231 e. The van der Waals surface area contributed by atoms with E-state index in [1.54, 1.807) is 13.1 Å². The van der Waals surface area contributed by atoms with E-state index in [0.717, 1.165) is 16.5 Å². The Morgan fingerprint density at radius 2 is 2.25 bits per heavy atom. The number of pyridine rings is 1. The molecule has 4 nitrogen and oxygen atoms in total. The van der Waals surface area contributed by atoms with Gasteiger partial charge in [0.15, 0.2) is 0 Å². The van der Waals surface area contributed by atoms with Gasteiger partial charge in [-0.25, -0.2) is 4.39 Å². The molecule has 1 aliphatic rings. The van der Waals surface area contributed by atoms with Crippen LogP contribution < -0.4 is 15.9 Å². The van der Waals surface area contributed by atoms with Crippen LogP contribution in [0.25, 0.3) is 12.7 Å². The molecule has 0 aromatic carbocycles. The first-order valence-electron chi connectivity index (χ1n) is 6.49. The standard InChI is InChI=1S/C15H18FN3O/c1-8-5-9(2)13(18-10(8)3)7-14(17-4)19-15(20)11-6-12(11)16/h5,7,11-12H,2,6H2,1,3-4H3,(H,17,19,20)/b13-7+/t11-,12+/m0/s1. The Balaban J connectivity index is 2.25. The van der Waals surface area contributed by atoms with Crippen LogP contribution in [-0.2, 0) is 4.79 Å². The number of carbonyl (C=O) groups excluding carboxylic acids is 1. The molecule has 1 aliphatic carbocycles. The summed E-state index contributed by atoms with van der Waals surface area (Å²) in [5, 5.41) is 4.03. The highest BCUT2D eigenvalue weighted by molar-refractivity contribution is 6.15. The highest BCUT2D eigenvalue weighted by atomic mass is 19.1. The number of amides is 1. The zero-order valence-electron chi connectivity index (χ0n) is 11.9. The maximum absolute atomic E-state index is 12.8. The number of carbonyl (C=O) groups is 1. The van der Waals surface area contributed by atoms with Crippen LogP contribution in [0.5, 0.6) is 0 Å². The van der Waals surface area contributed by atoms with Gasteiger partial charge in [-0.2, -0.15) is 0 Å². The van der Waals surface area contributed by atoms with E-state index in [1.165, 1.54) is 0 Å². The molecule has 1 aromatic rings. The summed E-state index contributed by atoms with van der Waals surface area (Å²) in [6.45, 7) is 7.80. The normalized spacial score (nSPS) is 22.8. The van der Waals surface area contributed by atoms with Crippen LogP contribution in [0.15, 0.2) is 11.1 Å². The zero-order valence-corrected chi connectivity index (χ0v) is 11.9. The smallest absolute Gasteiger partial charge is 0.231 e. The molecule has 1 fully saturated rings. The number of aliphatic imine (C=N–C) groups is 1. The quantitative estimate of drug-likeness (QED) is 0.627. The van der Waals surface area contributed by atoms with Gasteiger partial charge in [-0.1, -0.05) is 6.58 Å². The van der Waals surface area contributed by atoms with Crippen molar-refractivity contribution in [3.05, 3.63) is 27.9 Å². The van der Waals surface area contributed by atoms with Crippen molar-refractivity contribution >= 4 is 24.4 Å². The Labute approximate surface area is 117 Å². The molecule has 0 unspecified atom stereocenters. The van der Waals surface area contributed by atoms with Crippen molar-refractivity contribution in [2.75, 3.05) is 7.05 Å². The number of nitrogens with zero attached hydrogens (tertiary/aromatic N) is 2.